The summed E-state index contributed by atoms with van der Waals surface area (Å²) in [7, 11) is 1.81. The Morgan fingerprint density at radius 2 is 1.93 bits per heavy atom. The Morgan fingerprint density at radius 3 is 2.60 bits per heavy atom. The molecule has 0 aromatic rings. The highest BCUT2D eigenvalue weighted by atomic mass is 16.5. The number of ether oxygens (including phenoxy) is 1. The Balaban J connectivity index is 1.91. The van der Waals surface area contributed by atoms with Crippen LogP contribution in [0.1, 0.15) is 45.4 Å². The van der Waals surface area contributed by atoms with Gasteiger partial charge in [0.2, 0.25) is 0 Å². The molecule has 2 fully saturated rings. The quantitative estimate of drug-likeness (QED) is 0.774. The Bertz CT molecular complexity index is 197. The summed E-state index contributed by atoms with van der Waals surface area (Å²) in [5, 5.41) is 3.62. The van der Waals surface area contributed by atoms with Crippen molar-refractivity contribution in [1.29, 1.82) is 0 Å². The number of hydrogen-bond acceptors (Lipinski definition) is 2. The third-order valence-electron chi connectivity index (χ3n) is 4.31. The molecule has 1 aliphatic carbocycles. The van der Waals surface area contributed by atoms with Gasteiger partial charge in [0.25, 0.3) is 0 Å². The van der Waals surface area contributed by atoms with Crippen molar-refractivity contribution in [2.24, 2.45) is 11.8 Å². The topological polar surface area (TPSA) is 21.3 Å². The van der Waals surface area contributed by atoms with Crippen LogP contribution in [-0.2, 0) is 4.74 Å². The van der Waals surface area contributed by atoms with E-state index in [2.05, 4.69) is 12.2 Å². The van der Waals surface area contributed by atoms with Crippen molar-refractivity contribution in [2.45, 2.75) is 51.0 Å². The summed E-state index contributed by atoms with van der Waals surface area (Å²) in [6.45, 7) is 4.36. The normalized spacial score (nSPS) is 38.4. The minimum Gasteiger partial charge on any atom is -0.383 e. The minimum absolute atomic E-state index is 0.236. The first-order valence-electron chi connectivity index (χ1n) is 6.47. The summed E-state index contributed by atoms with van der Waals surface area (Å²) in [5.74, 6) is 1.97. The van der Waals surface area contributed by atoms with Gasteiger partial charge in [-0.2, -0.15) is 0 Å². The molecule has 1 heterocycles. The van der Waals surface area contributed by atoms with E-state index in [-0.39, 0.29) is 5.54 Å². The van der Waals surface area contributed by atoms with Crippen molar-refractivity contribution >= 4 is 0 Å². The molecular weight excluding hydrogens is 186 g/mol. The Kier molecular flexibility index (Phi) is 3.68. The molecule has 1 N–H and O–H groups in total. The molecule has 88 valence electrons. The van der Waals surface area contributed by atoms with Crippen LogP contribution in [0.25, 0.3) is 0 Å². The Labute approximate surface area is 93.8 Å². The van der Waals surface area contributed by atoms with E-state index in [9.17, 15) is 0 Å². The van der Waals surface area contributed by atoms with Gasteiger partial charge in [-0.3, -0.25) is 0 Å². The standard InChI is InChI=1S/C13H25NO/c1-13(10-15-2)9-12(7-8-14-13)11-5-3-4-6-11/h11-12,14H,3-10H2,1-2H3. The molecule has 2 heteroatoms. The number of methoxy groups -OCH3 is 1. The molecule has 0 aromatic carbocycles. The van der Waals surface area contributed by atoms with Gasteiger partial charge in [0.05, 0.1) is 6.61 Å². The van der Waals surface area contributed by atoms with Crippen LogP contribution in [-0.4, -0.2) is 25.8 Å². The second-order valence-electron chi connectivity index (χ2n) is 5.72. The van der Waals surface area contributed by atoms with E-state index in [0.29, 0.717) is 0 Å². The van der Waals surface area contributed by atoms with Gasteiger partial charge in [-0.15, -0.1) is 0 Å². The van der Waals surface area contributed by atoms with Crippen molar-refractivity contribution in [3.63, 3.8) is 0 Å². The van der Waals surface area contributed by atoms with Crippen LogP contribution in [0.2, 0.25) is 0 Å². The molecule has 2 nitrogen and oxygen atoms in total. The summed E-state index contributed by atoms with van der Waals surface area (Å²) in [4.78, 5) is 0. The molecule has 1 saturated heterocycles. The van der Waals surface area contributed by atoms with Gasteiger partial charge in [-0.1, -0.05) is 25.7 Å². The van der Waals surface area contributed by atoms with E-state index in [1.807, 2.05) is 7.11 Å². The van der Waals surface area contributed by atoms with Gasteiger partial charge in [-0.05, 0) is 38.1 Å². The molecule has 0 amide bonds. The second kappa shape index (κ2) is 4.84. The average molecular weight is 211 g/mol. The van der Waals surface area contributed by atoms with Gasteiger partial charge >= 0.3 is 0 Å². The predicted octanol–water partition coefficient (Wildman–Crippen LogP) is 2.58. The lowest BCUT2D eigenvalue weighted by atomic mass is 9.76. The smallest absolute Gasteiger partial charge is 0.0641 e. The molecule has 2 rings (SSSR count). The van der Waals surface area contributed by atoms with Crippen molar-refractivity contribution in [2.75, 3.05) is 20.3 Å². The van der Waals surface area contributed by atoms with Crippen LogP contribution in [0.4, 0.5) is 0 Å². The van der Waals surface area contributed by atoms with Crippen molar-refractivity contribution in [1.82, 2.24) is 5.32 Å². The molecule has 2 unspecified atom stereocenters. The van der Waals surface area contributed by atoms with E-state index in [1.165, 1.54) is 45.1 Å². The van der Waals surface area contributed by atoms with Gasteiger partial charge < -0.3 is 10.1 Å². The maximum atomic E-state index is 5.33. The molecule has 1 saturated carbocycles. The summed E-state index contributed by atoms with van der Waals surface area (Å²) in [5.41, 5.74) is 0.236. The van der Waals surface area contributed by atoms with Crippen LogP contribution >= 0.6 is 0 Å². The van der Waals surface area contributed by atoms with Crippen LogP contribution in [0.5, 0.6) is 0 Å². The summed E-state index contributed by atoms with van der Waals surface area (Å²) in [6.07, 6.45) is 8.59. The van der Waals surface area contributed by atoms with Crippen LogP contribution in [0.3, 0.4) is 0 Å². The zero-order chi connectivity index (χ0) is 10.7. The average Bonchev–Trinajstić information content (AvgIpc) is 2.70. The zero-order valence-corrected chi connectivity index (χ0v) is 10.2. The van der Waals surface area contributed by atoms with E-state index in [0.717, 1.165) is 18.4 Å². The molecular formula is C13H25NO. The monoisotopic (exact) mass is 211 g/mol. The van der Waals surface area contributed by atoms with E-state index < -0.39 is 0 Å². The molecule has 15 heavy (non-hydrogen) atoms. The van der Waals surface area contributed by atoms with E-state index in [1.54, 1.807) is 0 Å². The summed E-state index contributed by atoms with van der Waals surface area (Å²) < 4.78 is 5.33. The number of piperidine rings is 1. The molecule has 1 aliphatic heterocycles. The fraction of sp³-hybridized carbons (Fsp3) is 1.00. The van der Waals surface area contributed by atoms with Crippen molar-refractivity contribution < 1.29 is 4.74 Å². The fourth-order valence-corrected chi connectivity index (χ4v) is 3.57. The molecule has 2 atom stereocenters. The Hall–Kier alpha value is -0.0800. The lowest BCUT2D eigenvalue weighted by molar-refractivity contribution is 0.0691. The molecule has 0 radical (unpaired) electrons. The largest absolute Gasteiger partial charge is 0.383 e. The van der Waals surface area contributed by atoms with Gasteiger partial charge in [0.15, 0.2) is 0 Å². The molecule has 0 spiro atoms. The van der Waals surface area contributed by atoms with Gasteiger partial charge in [-0.25, -0.2) is 0 Å². The van der Waals surface area contributed by atoms with Crippen LogP contribution in [0, 0.1) is 11.8 Å². The third-order valence-corrected chi connectivity index (χ3v) is 4.31. The van der Waals surface area contributed by atoms with Crippen molar-refractivity contribution in [3.05, 3.63) is 0 Å². The molecule has 0 bridgehead atoms. The highest BCUT2D eigenvalue weighted by molar-refractivity contribution is 4.92. The van der Waals surface area contributed by atoms with Crippen LogP contribution < -0.4 is 5.32 Å². The number of hydrogen-bond donors (Lipinski definition) is 1. The third kappa shape index (κ3) is 2.73. The summed E-state index contributed by atoms with van der Waals surface area (Å²) in [6, 6.07) is 0. The minimum atomic E-state index is 0.236. The zero-order valence-electron chi connectivity index (χ0n) is 10.2. The lowest BCUT2D eigenvalue weighted by Gasteiger charge is -2.41. The molecule has 0 aromatic heterocycles. The SMILES string of the molecule is COCC1(C)CC(C2CCCC2)CCN1. The first-order chi connectivity index (χ1) is 7.23. The van der Waals surface area contributed by atoms with Crippen molar-refractivity contribution in [3.8, 4) is 0 Å². The Morgan fingerprint density at radius 1 is 1.20 bits per heavy atom. The van der Waals surface area contributed by atoms with Gasteiger partial charge in [0, 0.05) is 12.6 Å². The predicted molar refractivity (Wildman–Crippen MR) is 63.0 cm³/mol. The second-order valence-corrected chi connectivity index (χ2v) is 5.72. The highest BCUT2D eigenvalue weighted by Crippen LogP contribution is 2.39. The fourth-order valence-electron chi connectivity index (χ4n) is 3.57. The van der Waals surface area contributed by atoms with E-state index >= 15 is 0 Å². The molecule has 2 aliphatic rings. The van der Waals surface area contributed by atoms with E-state index in [4.69, 9.17) is 4.74 Å². The lowest BCUT2D eigenvalue weighted by Crippen LogP contribution is -2.52. The maximum Gasteiger partial charge on any atom is 0.0641 e. The first kappa shape index (κ1) is 11.4. The van der Waals surface area contributed by atoms with Crippen LogP contribution in [0.15, 0.2) is 0 Å². The number of nitrogens with one attached hydrogen (secondary N) is 1. The highest BCUT2D eigenvalue weighted by Gasteiger charge is 2.36. The first-order valence-corrected chi connectivity index (χ1v) is 6.47. The summed E-state index contributed by atoms with van der Waals surface area (Å²) >= 11 is 0. The maximum absolute atomic E-state index is 5.33. The van der Waals surface area contributed by atoms with Gasteiger partial charge in [0.1, 0.15) is 0 Å². The number of rotatable bonds is 3.